The second kappa shape index (κ2) is 7.23. The Morgan fingerprint density at radius 2 is 1.93 bits per heavy atom. The fourth-order valence-electron chi connectivity index (χ4n) is 5.30. The Kier molecular flexibility index (Phi) is 4.93. The van der Waals surface area contributed by atoms with E-state index >= 15 is 0 Å². The molecule has 1 unspecified atom stereocenters. The predicted octanol–water partition coefficient (Wildman–Crippen LogP) is 2.89. The summed E-state index contributed by atoms with van der Waals surface area (Å²) < 4.78 is 13.2. The summed E-state index contributed by atoms with van der Waals surface area (Å²) in [7, 11) is 0. The van der Waals surface area contributed by atoms with Crippen LogP contribution < -0.4 is 0 Å². The number of aliphatic carboxylic acids is 1. The molecule has 0 radical (unpaired) electrons. The maximum atomic E-state index is 13.3. The van der Waals surface area contributed by atoms with Crippen molar-refractivity contribution in [3.63, 3.8) is 0 Å². The number of hydrogen-bond acceptors (Lipinski definition) is 3. The van der Waals surface area contributed by atoms with Crippen molar-refractivity contribution in [2.24, 2.45) is 11.3 Å². The fourth-order valence-corrected chi connectivity index (χ4v) is 5.30. The van der Waals surface area contributed by atoms with E-state index in [0.29, 0.717) is 26.1 Å². The minimum atomic E-state index is -0.743. The maximum Gasteiger partial charge on any atom is 0.311 e. The number of carbonyl (C=O) groups is 2. The highest BCUT2D eigenvalue weighted by molar-refractivity contribution is 5.85. The van der Waals surface area contributed by atoms with Gasteiger partial charge in [-0.2, -0.15) is 0 Å². The molecule has 0 spiro atoms. The van der Waals surface area contributed by atoms with Gasteiger partial charge in [-0.3, -0.25) is 14.5 Å². The highest BCUT2D eigenvalue weighted by Gasteiger charge is 2.56. The molecule has 2 aliphatic heterocycles. The zero-order chi connectivity index (χ0) is 19.0. The Labute approximate surface area is 159 Å². The molecule has 1 saturated carbocycles. The maximum absolute atomic E-state index is 13.3. The summed E-state index contributed by atoms with van der Waals surface area (Å²) in [5.74, 6) is -0.834. The topological polar surface area (TPSA) is 60.9 Å². The zero-order valence-corrected chi connectivity index (χ0v) is 15.6. The van der Waals surface area contributed by atoms with E-state index in [4.69, 9.17) is 0 Å². The highest BCUT2D eigenvalue weighted by atomic mass is 19.1. The standard InChI is InChI=1S/C21H27FN2O3/c22-17-8-6-15(7-9-17)12-23-11-2-1-5-18(23)19(25)24-13-16-4-3-10-21(16,14-24)20(26)27/h6-9,16,18H,1-5,10-14H2,(H,26,27)/t16-,18?,21+/m0/s1. The van der Waals surface area contributed by atoms with Gasteiger partial charge >= 0.3 is 5.97 Å². The monoisotopic (exact) mass is 374 g/mol. The van der Waals surface area contributed by atoms with Crippen LogP contribution in [0.2, 0.25) is 0 Å². The SMILES string of the molecule is O=C(C1CCCCN1Cc1ccc(F)cc1)N1C[C@@H]2CCC[C@@]2(C(=O)O)C1. The molecule has 3 aliphatic rings. The smallest absolute Gasteiger partial charge is 0.311 e. The van der Waals surface area contributed by atoms with E-state index in [9.17, 15) is 19.1 Å². The largest absolute Gasteiger partial charge is 0.481 e. The van der Waals surface area contributed by atoms with E-state index in [1.165, 1.54) is 12.1 Å². The van der Waals surface area contributed by atoms with Gasteiger partial charge < -0.3 is 10.0 Å². The quantitative estimate of drug-likeness (QED) is 0.880. The number of hydrogen-bond donors (Lipinski definition) is 1. The summed E-state index contributed by atoms with van der Waals surface area (Å²) in [4.78, 5) is 29.2. The van der Waals surface area contributed by atoms with Crippen molar-refractivity contribution < 1.29 is 19.1 Å². The summed E-state index contributed by atoms with van der Waals surface area (Å²) in [6, 6.07) is 6.24. The first kappa shape index (κ1) is 18.4. The molecule has 3 fully saturated rings. The van der Waals surface area contributed by atoms with Crippen molar-refractivity contribution in [1.29, 1.82) is 0 Å². The number of carboxylic acid groups (broad SMARTS) is 1. The lowest BCUT2D eigenvalue weighted by Gasteiger charge is -2.37. The normalized spacial score (nSPS) is 31.1. The Balaban J connectivity index is 1.48. The third-order valence-electron chi connectivity index (χ3n) is 6.81. The zero-order valence-electron chi connectivity index (χ0n) is 15.6. The van der Waals surface area contributed by atoms with Crippen LogP contribution in [-0.2, 0) is 16.1 Å². The first-order valence-corrected chi connectivity index (χ1v) is 10.0. The van der Waals surface area contributed by atoms with E-state index in [1.54, 1.807) is 12.1 Å². The average Bonchev–Trinajstić information content (AvgIpc) is 3.22. The van der Waals surface area contributed by atoms with Crippen molar-refractivity contribution >= 4 is 11.9 Å². The van der Waals surface area contributed by atoms with E-state index in [0.717, 1.165) is 44.2 Å². The number of carboxylic acids is 1. The number of rotatable bonds is 4. The van der Waals surface area contributed by atoms with Crippen molar-refractivity contribution in [3.05, 3.63) is 35.6 Å². The molecular weight excluding hydrogens is 347 g/mol. The first-order valence-electron chi connectivity index (χ1n) is 10.0. The lowest BCUT2D eigenvalue weighted by molar-refractivity contribution is -0.150. The second-order valence-corrected chi connectivity index (χ2v) is 8.38. The molecule has 1 amide bonds. The van der Waals surface area contributed by atoms with Gasteiger partial charge in [-0.1, -0.05) is 25.0 Å². The van der Waals surface area contributed by atoms with E-state index < -0.39 is 11.4 Å². The summed E-state index contributed by atoms with van der Waals surface area (Å²) in [5, 5.41) is 9.77. The van der Waals surface area contributed by atoms with Gasteiger partial charge in [0.15, 0.2) is 0 Å². The minimum Gasteiger partial charge on any atom is -0.481 e. The second-order valence-electron chi connectivity index (χ2n) is 8.38. The van der Waals surface area contributed by atoms with Gasteiger partial charge in [-0.25, -0.2) is 4.39 Å². The Hall–Kier alpha value is -1.95. The lowest BCUT2D eigenvalue weighted by Crippen LogP contribution is -2.50. The van der Waals surface area contributed by atoms with Crippen molar-refractivity contribution in [1.82, 2.24) is 9.80 Å². The number of fused-ring (bicyclic) bond motifs is 1. The number of piperidine rings is 1. The molecule has 146 valence electrons. The molecule has 27 heavy (non-hydrogen) atoms. The summed E-state index contributed by atoms with van der Waals surface area (Å²) in [5.41, 5.74) is 0.267. The molecule has 2 heterocycles. The molecule has 6 heteroatoms. The van der Waals surface area contributed by atoms with Crippen LogP contribution in [-0.4, -0.2) is 52.5 Å². The van der Waals surface area contributed by atoms with Crippen molar-refractivity contribution in [2.75, 3.05) is 19.6 Å². The number of amides is 1. The van der Waals surface area contributed by atoms with Crippen LogP contribution >= 0.6 is 0 Å². The van der Waals surface area contributed by atoms with E-state index in [2.05, 4.69) is 4.90 Å². The molecule has 3 atom stereocenters. The van der Waals surface area contributed by atoms with Gasteiger partial charge in [0.2, 0.25) is 5.91 Å². The van der Waals surface area contributed by atoms with Crippen LogP contribution in [0.4, 0.5) is 4.39 Å². The van der Waals surface area contributed by atoms with Crippen LogP contribution in [0.15, 0.2) is 24.3 Å². The van der Waals surface area contributed by atoms with Crippen molar-refractivity contribution in [2.45, 2.75) is 51.1 Å². The van der Waals surface area contributed by atoms with Crippen LogP contribution in [0.5, 0.6) is 0 Å². The third kappa shape index (κ3) is 3.35. The van der Waals surface area contributed by atoms with Gasteiger partial charge in [0.25, 0.3) is 0 Å². The van der Waals surface area contributed by atoms with Crippen LogP contribution in [0.1, 0.15) is 44.1 Å². The summed E-state index contributed by atoms with van der Waals surface area (Å²) >= 11 is 0. The number of halogens is 1. The Bertz CT molecular complexity index is 723. The summed E-state index contributed by atoms with van der Waals surface area (Å²) in [6.45, 7) is 2.39. The number of nitrogens with zero attached hydrogens (tertiary/aromatic N) is 2. The van der Waals surface area contributed by atoms with Gasteiger partial charge in [-0.15, -0.1) is 0 Å². The van der Waals surface area contributed by atoms with Gasteiger partial charge in [0.05, 0.1) is 11.5 Å². The molecule has 0 aromatic heterocycles. The number of carbonyl (C=O) groups excluding carboxylic acids is 1. The van der Waals surface area contributed by atoms with Gasteiger partial charge in [0.1, 0.15) is 5.82 Å². The molecule has 1 N–H and O–H groups in total. The molecule has 0 bridgehead atoms. The van der Waals surface area contributed by atoms with Crippen LogP contribution in [0.25, 0.3) is 0 Å². The number of likely N-dealkylation sites (tertiary alicyclic amines) is 2. The number of benzene rings is 1. The molecule has 1 aromatic rings. The van der Waals surface area contributed by atoms with Gasteiger partial charge in [-0.05, 0) is 55.8 Å². The molecule has 1 aliphatic carbocycles. The lowest BCUT2D eigenvalue weighted by atomic mass is 9.81. The van der Waals surface area contributed by atoms with Crippen LogP contribution in [0.3, 0.4) is 0 Å². The molecule has 5 nitrogen and oxygen atoms in total. The fraction of sp³-hybridized carbons (Fsp3) is 0.619. The summed E-state index contributed by atoms with van der Waals surface area (Å²) in [6.07, 6.45) is 5.39. The Morgan fingerprint density at radius 1 is 1.15 bits per heavy atom. The average molecular weight is 374 g/mol. The predicted molar refractivity (Wildman–Crippen MR) is 98.4 cm³/mol. The highest BCUT2D eigenvalue weighted by Crippen LogP contribution is 2.49. The van der Waals surface area contributed by atoms with Gasteiger partial charge in [0, 0.05) is 19.6 Å². The minimum absolute atomic E-state index is 0.0758. The third-order valence-corrected chi connectivity index (χ3v) is 6.81. The van der Waals surface area contributed by atoms with E-state index in [1.807, 2.05) is 4.90 Å². The Morgan fingerprint density at radius 3 is 2.63 bits per heavy atom. The van der Waals surface area contributed by atoms with Crippen LogP contribution in [0, 0.1) is 17.2 Å². The molecule has 4 rings (SSSR count). The van der Waals surface area contributed by atoms with Crippen molar-refractivity contribution in [3.8, 4) is 0 Å². The molecule has 1 aromatic carbocycles. The molecule has 2 saturated heterocycles. The molecular formula is C21H27FN2O3. The first-order chi connectivity index (χ1) is 13.0. The van der Waals surface area contributed by atoms with E-state index in [-0.39, 0.29) is 23.7 Å².